The average molecular weight is 381 g/mol. The maximum absolute atomic E-state index is 14.4. The molecule has 1 amide bonds. The molecule has 1 aliphatic heterocycles. The van der Waals surface area contributed by atoms with Crippen LogP contribution < -0.4 is 5.32 Å². The number of halogens is 3. The third-order valence-corrected chi connectivity index (χ3v) is 5.02. The van der Waals surface area contributed by atoms with Crippen LogP contribution in [0.15, 0.2) is 42.5 Å². The highest BCUT2D eigenvalue weighted by molar-refractivity contribution is 6.31. The molecule has 1 heterocycles. The first kappa shape index (κ1) is 18.2. The van der Waals surface area contributed by atoms with E-state index in [2.05, 4.69) is 10.2 Å². The molecule has 3 nitrogen and oxygen atoms in total. The Hall–Kier alpha value is -1.62. The van der Waals surface area contributed by atoms with Crippen LogP contribution in [0.25, 0.3) is 0 Å². The Balaban J connectivity index is 1.80. The zero-order chi connectivity index (χ0) is 17.8. The molecule has 1 aliphatic rings. The molecule has 0 aromatic heterocycles. The number of carbonyl (C=O) groups is 1. The SMILES string of the molecule is O=C(NCC(c1c(F)cccc1Cl)N1CCCC1)c1cccc(Cl)c1. The normalized spacial score (nSPS) is 16.0. The van der Waals surface area contributed by atoms with Gasteiger partial charge in [0.1, 0.15) is 5.82 Å². The second kappa shape index (κ2) is 8.17. The van der Waals surface area contributed by atoms with Crippen LogP contribution in [0.1, 0.15) is 34.8 Å². The third kappa shape index (κ3) is 4.32. The number of rotatable bonds is 5. The average Bonchev–Trinajstić information content (AvgIpc) is 3.11. The molecule has 2 aromatic carbocycles. The van der Waals surface area contributed by atoms with E-state index in [0.29, 0.717) is 21.2 Å². The van der Waals surface area contributed by atoms with Gasteiger partial charge in [0.05, 0.1) is 6.04 Å². The van der Waals surface area contributed by atoms with Gasteiger partial charge >= 0.3 is 0 Å². The Kier molecular flexibility index (Phi) is 5.94. The molecule has 0 bridgehead atoms. The highest BCUT2D eigenvalue weighted by Crippen LogP contribution is 2.32. The number of hydrogen-bond donors (Lipinski definition) is 1. The molecule has 1 saturated heterocycles. The maximum atomic E-state index is 14.4. The monoisotopic (exact) mass is 380 g/mol. The molecule has 132 valence electrons. The minimum Gasteiger partial charge on any atom is -0.350 e. The number of likely N-dealkylation sites (tertiary alicyclic amines) is 1. The van der Waals surface area contributed by atoms with Crippen molar-refractivity contribution in [3.05, 3.63) is 69.5 Å². The van der Waals surface area contributed by atoms with Crippen LogP contribution in [0.2, 0.25) is 10.0 Å². The third-order valence-electron chi connectivity index (χ3n) is 4.46. The van der Waals surface area contributed by atoms with Crippen molar-refractivity contribution in [3.63, 3.8) is 0 Å². The Morgan fingerprint density at radius 2 is 1.88 bits per heavy atom. The smallest absolute Gasteiger partial charge is 0.251 e. The molecule has 0 aliphatic carbocycles. The summed E-state index contributed by atoms with van der Waals surface area (Å²) in [5.41, 5.74) is 0.921. The van der Waals surface area contributed by atoms with Crippen molar-refractivity contribution in [3.8, 4) is 0 Å². The molecule has 6 heteroatoms. The molecule has 3 rings (SSSR count). The largest absolute Gasteiger partial charge is 0.350 e. The Labute approximate surface area is 156 Å². The van der Waals surface area contributed by atoms with Crippen molar-refractivity contribution in [2.75, 3.05) is 19.6 Å². The quantitative estimate of drug-likeness (QED) is 0.814. The summed E-state index contributed by atoms with van der Waals surface area (Å²) in [5, 5.41) is 3.78. The molecular formula is C19H19Cl2FN2O. The second-order valence-electron chi connectivity index (χ2n) is 6.11. The van der Waals surface area contributed by atoms with E-state index in [1.54, 1.807) is 36.4 Å². The summed E-state index contributed by atoms with van der Waals surface area (Å²) < 4.78 is 14.4. The zero-order valence-electron chi connectivity index (χ0n) is 13.6. The molecule has 1 atom stereocenters. The fourth-order valence-corrected chi connectivity index (χ4v) is 3.70. The number of amides is 1. The van der Waals surface area contributed by atoms with Gasteiger partial charge in [0.2, 0.25) is 0 Å². The predicted octanol–water partition coefficient (Wildman–Crippen LogP) is 4.70. The van der Waals surface area contributed by atoms with E-state index in [0.717, 1.165) is 25.9 Å². The molecule has 25 heavy (non-hydrogen) atoms. The molecular weight excluding hydrogens is 362 g/mol. The first-order valence-electron chi connectivity index (χ1n) is 8.28. The maximum Gasteiger partial charge on any atom is 0.251 e. The molecule has 1 N–H and O–H groups in total. The number of carbonyl (C=O) groups excluding carboxylic acids is 1. The summed E-state index contributed by atoms with van der Waals surface area (Å²) >= 11 is 12.2. The number of nitrogens with one attached hydrogen (secondary N) is 1. The van der Waals surface area contributed by atoms with E-state index in [1.807, 2.05) is 0 Å². The van der Waals surface area contributed by atoms with Gasteiger partial charge in [0.15, 0.2) is 0 Å². The molecule has 0 spiro atoms. The van der Waals surface area contributed by atoms with Crippen molar-refractivity contribution in [2.45, 2.75) is 18.9 Å². The Morgan fingerprint density at radius 3 is 2.56 bits per heavy atom. The zero-order valence-corrected chi connectivity index (χ0v) is 15.2. The predicted molar refractivity (Wildman–Crippen MR) is 98.7 cm³/mol. The van der Waals surface area contributed by atoms with Gasteiger partial charge in [-0.25, -0.2) is 4.39 Å². The van der Waals surface area contributed by atoms with Crippen LogP contribution in [-0.4, -0.2) is 30.4 Å². The van der Waals surface area contributed by atoms with E-state index in [4.69, 9.17) is 23.2 Å². The highest BCUT2D eigenvalue weighted by atomic mass is 35.5. The van der Waals surface area contributed by atoms with Gasteiger partial charge in [0, 0.05) is 27.7 Å². The van der Waals surface area contributed by atoms with Crippen LogP contribution in [0.3, 0.4) is 0 Å². The molecule has 1 fully saturated rings. The molecule has 0 saturated carbocycles. The lowest BCUT2D eigenvalue weighted by molar-refractivity contribution is 0.0937. The number of hydrogen-bond acceptors (Lipinski definition) is 2. The summed E-state index contributed by atoms with van der Waals surface area (Å²) in [7, 11) is 0. The summed E-state index contributed by atoms with van der Waals surface area (Å²) in [6.07, 6.45) is 2.12. The van der Waals surface area contributed by atoms with Gasteiger partial charge in [-0.1, -0.05) is 35.3 Å². The first-order valence-corrected chi connectivity index (χ1v) is 9.03. The van der Waals surface area contributed by atoms with E-state index in [9.17, 15) is 9.18 Å². The van der Waals surface area contributed by atoms with Crippen LogP contribution >= 0.6 is 23.2 Å². The topological polar surface area (TPSA) is 32.3 Å². The molecule has 1 unspecified atom stereocenters. The van der Waals surface area contributed by atoms with Crippen LogP contribution in [0.5, 0.6) is 0 Å². The highest BCUT2D eigenvalue weighted by Gasteiger charge is 2.28. The van der Waals surface area contributed by atoms with Crippen molar-refractivity contribution in [1.82, 2.24) is 10.2 Å². The van der Waals surface area contributed by atoms with Gasteiger partial charge in [-0.2, -0.15) is 0 Å². The lowest BCUT2D eigenvalue weighted by Gasteiger charge is -2.29. The minimum atomic E-state index is -0.346. The van der Waals surface area contributed by atoms with Gasteiger partial charge in [0.25, 0.3) is 5.91 Å². The van der Waals surface area contributed by atoms with Crippen molar-refractivity contribution in [2.24, 2.45) is 0 Å². The van der Waals surface area contributed by atoms with Crippen LogP contribution in [-0.2, 0) is 0 Å². The lowest BCUT2D eigenvalue weighted by atomic mass is 10.0. The van der Waals surface area contributed by atoms with Crippen molar-refractivity contribution in [1.29, 1.82) is 0 Å². The number of nitrogens with zero attached hydrogens (tertiary/aromatic N) is 1. The fourth-order valence-electron chi connectivity index (χ4n) is 3.22. The summed E-state index contributed by atoms with van der Waals surface area (Å²) in [6, 6.07) is 11.1. The van der Waals surface area contributed by atoms with Gasteiger partial charge in [-0.05, 0) is 56.3 Å². The summed E-state index contributed by atoms with van der Waals surface area (Å²) in [5.74, 6) is -0.583. The van der Waals surface area contributed by atoms with Crippen LogP contribution in [0, 0.1) is 5.82 Å². The van der Waals surface area contributed by atoms with E-state index in [1.165, 1.54) is 6.07 Å². The summed E-state index contributed by atoms with van der Waals surface area (Å²) in [6.45, 7) is 2.01. The van der Waals surface area contributed by atoms with Gasteiger partial charge < -0.3 is 5.32 Å². The van der Waals surface area contributed by atoms with Crippen molar-refractivity contribution < 1.29 is 9.18 Å². The van der Waals surface area contributed by atoms with Crippen molar-refractivity contribution >= 4 is 29.1 Å². The van der Waals surface area contributed by atoms with E-state index < -0.39 is 0 Å². The Morgan fingerprint density at radius 1 is 1.16 bits per heavy atom. The van der Waals surface area contributed by atoms with E-state index >= 15 is 0 Å². The van der Waals surface area contributed by atoms with Crippen LogP contribution in [0.4, 0.5) is 4.39 Å². The number of benzene rings is 2. The first-order chi connectivity index (χ1) is 12.1. The fraction of sp³-hybridized carbons (Fsp3) is 0.316. The summed E-state index contributed by atoms with van der Waals surface area (Å²) in [4.78, 5) is 14.6. The molecule has 0 radical (unpaired) electrons. The lowest BCUT2D eigenvalue weighted by Crippen LogP contribution is -2.37. The second-order valence-corrected chi connectivity index (χ2v) is 6.96. The standard InChI is InChI=1S/C19H19Cl2FN2O/c20-14-6-3-5-13(11-14)19(25)23-12-17(24-9-1-2-10-24)18-15(21)7-4-8-16(18)22/h3-8,11,17H,1-2,9-10,12H2,(H,23,25). The molecule has 2 aromatic rings. The minimum absolute atomic E-state index is 0.237. The van der Waals surface area contributed by atoms with Gasteiger partial charge in [-0.15, -0.1) is 0 Å². The van der Waals surface area contributed by atoms with Gasteiger partial charge in [-0.3, -0.25) is 9.69 Å². The van der Waals surface area contributed by atoms with E-state index in [-0.39, 0.29) is 24.3 Å². The Bertz CT molecular complexity index is 743.